The summed E-state index contributed by atoms with van der Waals surface area (Å²) in [6.45, 7) is 11.1. The maximum Gasteiger partial charge on any atom is 2.00 e. The molecule has 21 heteroatoms. The maximum atomic E-state index is 13.9. The summed E-state index contributed by atoms with van der Waals surface area (Å²) in [6, 6.07) is 49.1. The van der Waals surface area contributed by atoms with Crippen molar-refractivity contribution in [3.63, 3.8) is 0 Å². The van der Waals surface area contributed by atoms with Gasteiger partial charge in [0.05, 0.1) is 81.4 Å². The summed E-state index contributed by atoms with van der Waals surface area (Å²) in [5, 5.41) is 0. The van der Waals surface area contributed by atoms with E-state index in [2.05, 4.69) is 19.9 Å². The van der Waals surface area contributed by atoms with Crippen LogP contribution in [0, 0.1) is 13.0 Å². The molecule has 0 saturated carbocycles. The van der Waals surface area contributed by atoms with Crippen LogP contribution in [-0.4, -0.2) is 108 Å². The molecule has 1 unspecified atom stereocenters. The van der Waals surface area contributed by atoms with Gasteiger partial charge in [-0.15, -0.1) is 0 Å². The summed E-state index contributed by atoms with van der Waals surface area (Å²) < 4.78 is 155. The molecule has 0 spiro atoms. The van der Waals surface area contributed by atoms with Crippen molar-refractivity contribution in [3.05, 3.63) is 227 Å². The number of quaternary nitrogens is 2. The van der Waals surface area contributed by atoms with E-state index in [0.29, 0.717) is 22.1 Å². The molecule has 8 aromatic rings. The monoisotopic (exact) mass is 1310 g/mol. The van der Waals surface area contributed by atoms with E-state index in [1.54, 1.807) is 72.8 Å². The second-order valence-electron chi connectivity index (χ2n) is 23.8. The number of hydrogen-bond donors (Lipinski definition) is 0. The first kappa shape index (κ1) is 68.2. The average Bonchev–Trinajstić information content (AvgIpc) is 2.97. The summed E-state index contributed by atoms with van der Waals surface area (Å²) in [5.41, 5.74) is 5.18. The minimum Gasteiger partial charge on any atom is -0.768 e. The largest absolute Gasteiger partial charge is 2.00 e. The van der Waals surface area contributed by atoms with Gasteiger partial charge in [0.25, 0.3) is 0 Å². The molecule has 0 heterocycles. The maximum absolute atomic E-state index is 13.9. The van der Waals surface area contributed by atoms with Crippen molar-refractivity contribution < 1.29 is 76.6 Å². The van der Waals surface area contributed by atoms with Crippen LogP contribution >= 0.6 is 0 Å². The molecule has 1 radical (unpaired) electrons. The number of nitrogens with zero attached hydrogens (tertiary/aromatic N) is 2. The van der Waals surface area contributed by atoms with Gasteiger partial charge in [-0.2, -0.15) is 30.3 Å². The minimum atomic E-state index is -4.00. The zero-order valence-corrected chi connectivity index (χ0v) is 55.3. The Morgan fingerprint density at radius 1 is 0.412 bits per heavy atom. The predicted molar refractivity (Wildman–Crippen MR) is 325 cm³/mol. The first-order valence-corrected chi connectivity index (χ1v) is 35.3. The zero-order chi connectivity index (χ0) is 62.2. The molecule has 0 amide bonds. The third kappa shape index (κ3) is 15.6. The molecule has 85 heavy (non-hydrogen) atoms. The number of hydrogen-bond acceptors (Lipinski definition) is 12. The second kappa shape index (κ2) is 25.4. The number of aryl methyl sites for hydroxylation is 1. The fraction of sp³-hybridized carbons (Fsp3) is 0.250. The molecule has 0 aliphatic carbocycles. The van der Waals surface area contributed by atoms with Crippen LogP contribution in [0.1, 0.15) is 66.6 Å². The van der Waals surface area contributed by atoms with E-state index in [-0.39, 0.29) is 65.7 Å². The molecule has 451 valence electrons. The van der Waals surface area contributed by atoms with Gasteiger partial charge < -0.3 is 13.5 Å². The van der Waals surface area contributed by atoms with Crippen molar-refractivity contribution >= 4 is 60.3 Å². The Morgan fingerprint density at radius 2 is 0.706 bits per heavy atom. The van der Waals surface area contributed by atoms with Crippen LogP contribution < -0.4 is 0 Å². The van der Waals surface area contributed by atoms with E-state index >= 15 is 0 Å². The Hall–Kier alpha value is -5.95. The van der Waals surface area contributed by atoms with Crippen molar-refractivity contribution in [1.82, 2.24) is 0 Å². The van der Waals surface area contributed by atoms with Gasteiger partial charge in [-0.25, -0.2) is 42.1 Å². The minimum absolute atomic E-state index is 0. The second-order valence-corrected chi connectivity index (χ2v) is 34.6. The molecule has 8 aromatic carbocycles. The van der Waals surface area contributed by atoms with Crippen LogP contribution in [0.15, 0.2) is 231 Å². The third-order valence-corrected chi connectivity index (χ3v) is 23.3. The molecule has 0 aliphatic rings. The molecule has 0 fully saturated rings. The molecule has 0 aliphatic heterocycles. The first-order chi connectivity index (χ1) is 38.8. The van der Waals surface area contributed by atoms with Gasteiger partial charge in [0.15, 0.2) is 19.7 Å². The van der Waals surface area contributed by atoms with E-state index in [1.807, 2.05) is 75.2 Å². The molecule has 0 N–H and O–H groups in total. The van der Waals surface area contributed by atoms with Gasteiger partial charge in [-0.1, -0.05) is 81.8 Å². The Kier molecular flexibility index (Phi) is 20.4. The van der Waals surface area contributed by atoms with Crippen molar-refractivity contribution in [1.29, 1.82) is 0 Å². The van der Waals surface area contributed by atoms with Crippen LogP contribution in [0.25, 0.3) is 0 Å². The van der Waals surface area contributed by atoms with Gasteiger partial charge in [0.2, 0.25) is 29.5 Å². The predicted octanol–water partition coefficient (Wildman–Crippen LogP) is 10.5. The Morgan fingerprint density at radius 3 is 1.06 bits per heavy atom. The summed E-state index contributed by atoms with van der Waals surface area (Å²) >= 11 is -2.37. The van der Waals surface area contributed by atoms with Crippen molar-refractivity contribution in [2.45, 2.75) is 107 Å². The summed E-state index contributed by atoms with van der Waals surface area (Å²) in [5.74, 6) is 0. The van der Waals surface area contributed by atoms with Gasteiger partial charge >= 0.3 is 16.8 Å². The fourth-order valence-corrected chi connectivity index (χ4v) is 15.9. The van der Waals surface area contributed by atoms with Gasteiger partial charge in [0.1, 0.15) is 13.1 Å². The van der Waals surface area contributed by atoms with Gasteiger partial charge in [0, 0.05) is 33.1 Å². The topological polar surface area (TPSA) is 211 Å². The Balaban J connectivity index is 0.000000276. The first-order valence-electron chi connectivity index (χ1n) is 26.4. The van der Waals surface area contributed by atoms with Crippen LogP contribution in [0.4, 0.5) is 0 Å². The van der Waals surface area contributed by atoms with E-state index in [0.717, 1.165) is 45.2 Å². The van der Waals surface area contributed by atoms with E-state index < -0.39 is 71.1 Å². The Labute approximate surface area is 515 Å². The smallest absolute Gasteiger partial charge is 0.768 e. The quantitative estimate of drug-likeness (QED) is 0.0446. The van der Waals surface area contributed by atoms with E-state index in [9.17, 15) is 50.9 Å². The molecule has 14 nitrogen and oxygen atoms in total. The molecular formula is C64H70CoN2O12S6+2. The molecule has 1 atom stereocenters. The Bertz CT molecular complexity index is 4340. The van der Waals surface area contributed by atoms with Crippen molar-refractivity contribution in [3.8, 4) is 0 Å². The zero-order valence-electron chi connectivity index (χ0n) is 49.3. The summed E-state index contributed by atoms with van der Waals surface area (Å²) in [4.78, 5) is 0.871. The van der Waals surface area contributed by atoms with Crippen molar-refractivity contribution in [2.24, 2.45) is 0 Å². The standard InChI is InChI=1S/C36H45N2O6S3.C28H25O6S3.Co/c1-26-10-13-30(14-11-26)46(41,42)31-15-17-32(18-16-31)47(43,44)33-19-21-35(28(23-33)25-38(7,8)9)36(2,3)34-20-12-29(45(39)40)22-27(34)24-37(4,5)6;1-28(2,21-9-13-23(14-10-21)35(3,29)30)22-11-15-25(16-12-22)37(33,34)27-19-17-26(18-20-27)36(31,32)24-7-5-4-6-8-24;/h10-23H,24-25H2,1-9H3;5-20H,1-3H3;/q+1;-1;+2. The van der Waals surface area contributed by atoms with Crippen LogP contribution in [0.3, 0.4) is 0 Å². The summed E-state index contributed by atoms with van der Waals surface area (Å²) in [7, 11) is -6.53. The molecule has 0 saturated heterocycles. The molecular weight excluding hydrogens is 1240 g/mol. The normalized spacial score (nSPS) is 13.2. The van der Waals surface area contributed by atoms with E-state index in [4.69, 9.17) is 0 Å². The number of benzene rings is 8. The SMILES string of the molecule is CC(C)(c1ccc(S(C)(=O)=O)cc1)c1ccc(S(=O)(=O)c2ccc(S(=O)(=O)c3cc[c-]cc3)cc2)cc1.Cc1ccc(S(=O)(=O)c2ccc(S(=O)(=O)c3ccc(C(C)(C)c4ccc(S(=O)[O-])cc4C[N+](C)(C)C)c(C[N+](C)(C)C)c3)cc2)cc1.[Co+2]. The number of rotatable bonds is 18. The van der Waals surface area contributed by atoms with E-state index in [1.165, 1.54) is 97.1 Å². The summed E-state index contributed by atoms with van der Waals surface area (Å²) in [6.07, 6.45) is 1.15. The molecule has 0 bridgehead atoms. The average molecular weight is 1310 g/mol. The van der Waals surface area contributed by atoms with Crippen molar-refractivity contribution in [2.75, 3.05) is 48.5 Å². The number of sulfone groups is 5. The van der Waals surface area contributed by atoms with Crippen LogP contribution in [0.5, 0.6) is 0 Å². The van der Waals surface area contributed by atoms with Gasteiger partial charge in [-0.05, 0) is 154 Å². The van der Waals surface area contributed by atoms with Crippen LogP contribution in [-0.2, 0) is 101 Å². The van der Waals surface area contributed by atoms with Gasteiger partial charge in [-0.3, -0.25) is 4.21 Å². The fourth-order valence-electron chi connectivity index (χ4n) is 9.80. The molecule has 8 rings (SSSR count). The molecule has 0 aromatic heterocycles. The third-order valence-electron chi connectivity index (χ3n) is 14.4. The van der Waals surface area contributed by atoms with Crippen LogP contribution in [0.2, 0.25) is 0 Å².